The predicted octanol–water partition coefficient (Wildman–Crippen LogP) is 6.19. The van der Waals surface area contributed by atoms with Crippen LogP contribution in [0.15, 0.2) is 71.1 Å². The van der Waals surface area contributed by atoms with Gasteiger partial charge in [0.1, 0.15) is 5.82 Å². The number of benzene rings is 3. The predicted molar refractivity (Wildman–Crippen MR) is 133 cm³/mol. The van der Waals surface area contributed by atoms with E-state index in [0.717, 1.165) is 31.9 Å². The van der Waals surface area contributed by atoms with Crippen molar-refractivity contribution in [3.05, 3.63) is 78.1 Å². The Morgan fingerprint density at radius 1 is 0.971 bits per heavy atom. The third-order valence-corrected chi connectivity index (χ3v) is 9.60. The largest absolute Gasteiger partial charge is 0.274 e. The normalized spacial score (nSPS) is 25.3. The molecule has 1 aliphatic heterocycles. The SMILES string of the molecule is O=C1[C@H]2[C@H](C(=O)N1c1ccc3nc(SCc4ccc(F)c5ccccc45)sc3c1)[C@H]1C=C[C@H]2C1. The highest BCUT2D eigenvalue weighted by Crippen LogP contribution is 2.53. The summed E-state index contributed by atoms with van der Waals surface area (Å²) in [5.41, 5.74) is 2.55. The molecule has 168 valence electrons. The van der Waals surface area contributed by atoms with Crippen LogP contribution in [0, 0.1) is 29.5 Å². The van der Waals surface area contributed by atoms with Crippen molar-refractivity contribution in [2.45, 2.75) is 16.5 Å². The van der Waals surface area contributed by atoms with Gasteiger partial charge in [0.2, 0.25) is 11.8 Å². The second kappa shape index (κ2) is 7.48. The number of aromatic nitrogens is 1. The molecule has 4 atom stereocenters. The van der Waals surface area contributed by atoms with Gasteiger partial charge in [-0.25, -0.2) is 14.3 Å². The van der Waals surface area contributed by atoms with Gasteiger partial charge in [0.25, 0.3) is 0 Å². The van der Waals surface area contributed by atoms with Crippen LogP contribution < -0.4 is 4.90 Å². The lowest BCUT2D eigenvalue weighted by molar-refractivity contribution is -0.123. The number of thioether (sulfide) groups is 1. The number of fused-ring (bicyclic) bond motifs is 7. The number of rotatable bonds is 4. The lowest BCUT2D eigenvalue weighted by atomic mass is 9.85. The molecule has 1 aromatic heterocycles. The maximum atomic E-state index is 14.1. The summed E-state index contributed by atoms with van der Waals surface area (Å²) in [5.74, 6) is 0.351. The van der Waals surface area contributed by atoms with Gasteiger partial charge < -0.3 is 0 Å². The molecule has 2 fully saturated rings. The smallest absolute Gasteiger partial charge is 0.238 e. The Kier molecular flexibility index (Phi) is 4.48. The van der Waals surface area contributed by atoms with Gasteiger partial charge >= 0.3 is 0 Å². The van der Waals surface area contributed by atoms with Gasteiger partial charge in [-0.15, -0.1) is 11.3 Å². The average Bonchev–Trinajstić information content (AvgIpc) is 3.61. The van der Waals surface area contributed by atoms with Crippen molar-refractivity contribution in [1.29, 1.82) is 0 Å². The minimum absolute atomic E-state index is 0.0616. The summed E-state index contributed by atoms with van der Waals surface area (Å²) in [4.78, 5) is 32.4. The van der Waals surface area contributed by atoms with E-state index < -0.39 is 0 Å². The topological polar surface area (TPSA) is 50.3 Å². The number of nitrogens with zero attached hydrogens (tertiary/aromatic N) is 2. The molecule has 2 aliphatic carbocycles. The van der Waals surface area contributed by atoms with Crippen LogP contribution in [0.4, 0.5) is 10.1 Å². The molecule has 3 aromatic carbocycles. The minimum atomic E-state index is -0.212. The molecule has 2 amide bonds. The number of imide groups is 1. The number of halogens is 1. The van der Waals surface area contributed by atoms with Crippen molar-refractivity contribution in [2.24, 2.45) is 23.7 Å². The molecule has 0 spiro atoms. The van der Waals surface area contributed by atoms with Crippen LogP contribution in [-0.4, -0.2) is 16.8 Å². The van der Waals surface area contributed by atoms with Crippen LogP contribution in [0.1, 0.15) is 12.0 Å². The van der Waals surface area contributed by atoms with E-state index >= 15 is 0 Å². The zero-order valence-corrected chi connectivity index (χ0v) is 19.6. The van der Waals surface area contributed by atoms with E-state index in [4.69, 9.17) is 4.98 Å². The van der Waals surface area contributed by atoms with Crippen LogP contribution in [0.25, 0.3) is 21.0 Å². The molecular weight excluding hydrogens is 467 g/mol. The van der Waals surface area contributed by atoms with Crippen molar-refractivity contribution >= 4 is 61.6 Å². The average molecular weight is 487 g/mol. The Labute approximate surface area is 203 Å². The lowest BCUT2D eigenvalue weighted by Gasteiger charge is -2.17. The molecule has 0 radical (unpaired) electrons. The fraction of sp³-hybridized carbons (Fsp3) is 0.222. The number of hydrogen-bond donors (Lipinski definition) is 0. The number of thiazole rings is 1. The van der Waals surface area contributed by atoms with Gasteiger partial charge in [-0.3, -0.25) is 9.59 Å². The Morgan fingerprint density at radius 2 is 1.71 bits per heavy atom. The molecule has 1 saturated carbocycles. The van der Waals surface area contributed by atoms with Crippen molar-refractivity contribution in [3.63, 3.8) is 0 Å². The Bertz CT molecular complexity index is 1510. The summed E-state index contributed by atoms with van der Waals surface area (Å²) in [6, 6.07) is 16.5. The number of anilines is 1. The van der Waals surface area contributed by atoms with Crippen LogP contribution >= 0.6 is 23.1 Å². The molecule has 4 aromatic rings. The van der Waals surface area contributed by atoms with Crippen molar-refractivity contribution in [2.75, 3.05) is 4.90 Å². The van der Waals surface area contributed by atoms with E-state index in [2.05, 4.69) is 12.2 Å². The number of hydrogen-bond acceptors (Lipinski definition) is 5. The zero-order valence-electron chi connectivity index (χ0n) is 18.0. The second-order valence-electron chi connectivity index (χ2n) is 9.18. The van der Waals surface area contributed by atoms with E-state index in [9.17, 15) is 14.0 Å². The summed E-state index contributed by atoms with van der Waals surface area (Å²) in [5, 5.41) is 1.54. The number of carbonyl (C=O) groups excluding carboxylic acids is 2. The highest BCUT2D eigenvalue weighted by molar-refractivity contribution is 8.00. The Morgan fingerprint density at radius 3 is 2.47 bits per heavy atom. The molecule has 4 nitrogen and oxygen atoms in total. The van der Waals surface area contributed by atoms with Gasteiger partial charge in [-0.2, -0.15) is 0 Å². The summed E-state index contributed by atoms with van der Waals surface area (Å²) >= 11 is 3.16. The van der Waals surface area contributed by atoms with Gasteiger partial charge in [-0.1, -0.05) is 54.2 Å². The van der Waals surface area contributed by atoms with Gasteiger partial charge in [-0.05, 0) is 53.5 Å². The first kappa shape index (κ1) is 20.4. The molecule has 7 heteroatoms. The van der Waals surface area contributed by atoms with Crippen molar-refractivity contribution < 1.29 is 14.0 Å². The van der Waals surface area contributed by atoms with E-state index in [1.165, 1.54) is 11.0 Å². The maximum Gasteiger partial charge on any atom is 0.238 e. The van der Waals surface area contributed by atoms with E-state index in [-0.39, 0.29) is 41.3 Å². The van der Waals surface area contributed by atoms with E-state index in [0.29, 0.717) is 16.8 Å². The fourth-order valence-corrected chi connectivity index (χ4v) is 7.95. The van der Waals surface area contributed by atoms with Crippen molar-refractivity contribution in [3.8, 4) is 0 Å². The zero-order chi connectivity index (χ0) is 23.0. The summed E-state index contributed by atoms with van der Waals surface area (Å²) in [6.07, 6.45) is 5.15. The first-order valence-corrected chi connectivity index (χ1v) is 13.1. The monoisotopic (exact) mass is 486 g/mol. The van der Waals surface area contributed by atoms with Gasteiger partial charge in [0.05, 0.1) is 27.7 Å². The van der Waals surface area contributed by atoms with Crippen molar-refractivity contribution in [1.82, 2.24) is 4.98 Å². The third kappa shape index (κ3) is 2.93. The highest BCUT2D eigenvalue weighted by Gasteiger charge is 2.59. The maximum absolute atomic E-state index is 14.1. The Hall–Kier alpha value is -3.03. The molecule has 1 saturated heterocycles. The van der Waals surface area contributed by atoms with Crippen LogP contribution in [-0.2, 0) is 15.3 Å². The summed E-state index contributed by atoms with van der Waals surface area (Å²) in [7, 11) is 0. The number of carbonyl (C=O) groups is 2. The molecular formula is C27H19FN2O2S2. The van der Waals surface area contributed by atoms with E-state index in [1.54, 1.807) is 29.2 Å². The Balaban J connectivity index is 1.15. The van der Waals surface area contributed by atoms with Crippen LogP contribution in [0.2, 0.25) is 0 Å². The van der Waals surface area contributed by atoms with Crippen LogP contribution in [0.3, 0.4) is 0 Å². The lowest BCUT2D eigenvalue weighted by Crippen LogP contribution is -2.32. The number of amides is 2. The molecule has 2 heterocycles. The number of allylic oxidation sites excluding steroid dienone is 2. The summed E-state index contributed by atoms with van der Waals surface area (Å²) in [6.45, 7) is 0. The molecule has 7 rings (SSSR count). The molecule has 2 bridgehead atoms. The second-order valence-corrected chi connectivity index (χ2v) is 11.4. The van der Waals surface area contributed by atoms with Gasteiger partial charge in [0, 0.05) is 11.1 Å². The first-order chi connectivity index (χ1) is 16.6. The molecule has 0 N–H and O–H groups in total. The first-order valence-electron chi connectivity index (χ1n) is 11.3. The molecule has 3 aliphatic rings. The molecule has 34 heavy (non-hydrogen) atoms. The summed E-state index contributed by atoms with van der Waals surface area (Å²) < 4.78 is 16.0. The minimum Gasteiger partial charge on any atom is -0.274 e. The molecule has 0 unspecified atom stereocenters. The fourth-order valence-electron chi connectivity index (χ4n) is 5.84. The quantitative estimate of drug-likeness (QED) is 0.196. The highest BCUT2D eigenvalue weighted by atomic mass is 32.2. The van der Waals surface area contributed by atoms with Gasteiger partial charge in [0.15, 0.2) is 4.34 Å². The standard InChI is InChI=1S/C27H19FN2O2S2/c28-20-9-7-16(18-3-1-2-4-19(18)20)13-33-27-29-21-10-8-17(12-22(21)34-27)30-25(31)23-14-5-6-15(11-14)24(23)26(30)32/h1-10,12,14-15,23-24H,11,13H2/t14-,15-,23+,24+/m0/s1. The third-order valence-electron chi connectivity index (χ3n) is 7.39. The van der Waals surface area contributed by atoms with E-state index in [1.807, 2.05) is 42.5 Å². The van der Waals surface area contributed by atoms with Crippen LogP contribution in [0.5, 0.6) is 0 Å².